The highest BCUT2D eigenvalue weighted by molar-refractivity contribution is 6.33. The van der Waals surface area contributed by atoms with Crippen molar-refractivity contribution in [3.63, 3.8) is 0 Å². The summed E-state index contributed by atoms with van der Waals surface area (Å²) < 4.78 is 0. The molecule has 0 aromatic heterocycles. The topological polar surface area (TPSA) is 46.4 Å². The van der Waals surface area contributed by atoms with Crippen LogP contribution >= 0.6 is 11.6 Å². The molecule has 23 heavy (non-hydrogen) atoms. The molecule has 1 aromatic carbocycles. The molecule has 1 aromatic rings. The van der Waals surface area contributed by atoms with Crippen molar-refractivity contribution < 1.29 is 4.92 Å². The molecular formula is C18H29ClN2O2. The third-order valence-electron chi connectivity index (χ3n) is 4.48. The molecule has 0 N–H and O–H groups in total. The van der Waals surface area contributed by atoms with Crippen LogP contribution < -0.4 is 4.90 Å². The van der Waals surface area contributed by atoms with Gasteiger partial charge in [-0.2, -0.15) is 0 Å². The van der Waals surface area contributed by atoms with E-state index in [4.69, 9.17) is 11.6 Å². The van der Waals surface area contributed by atoms with Gasteiger partial charge in [0, 0.05) is 25.2 Å². The molecule has 0 unspecified atom stereocenters. The first-order valence-corrected chi connectivity index (χ1v) is 9.08. The van der Waals surface area contributed by atoms with Gasteiger partial charge in [-0.1, -0.05) is 52.1 Å². The molecule has 0 aliphatic carbocycles. The molecule has 0 saturated carbocycles. The van der Waals surface area contributed by atoms with E-state index < -0.39 is 4.92 Å². The highest BCUT2D eigenvalue weighted by Gasteiger charge is 2.37. The first-order valence-electron chi connectivity index (χ1n) is 8.70. The van der Waals surface area contributed by atoms with E-state index in [2.05, 4.69) is 18.7 Å². The Morgan fingerprint density at radius 3 is 2.35 bits per heavy atom. The molecular weight excluding hydrogens is 312 g/mol. The number of hydrogen-bond donors (Lipinski definition) is 0. The van der Waals surface area contributed by atoms with Crippen molar-refractivity contribution in [2.45, 2.75) is 59.8 Å². The first-order chi connectivity index (χ1) is 11.0. The second-order valence-corrected chi connectivity index (χ2v) is 6.47. The third kappa shape index (κ3) is 4.84. The van der Waals surface area contributed by atoms with Gasteiger partial charge in [-0.3, -0.25) is 10.1 Å². The summed E-state index contributed by atoms with van der Waals surface area (Å²) >= 11 is 6.25. The third-order valence-corrected chi connectivity index (χ3v) is 4.78. The van der Waals surface area contributed by atoms with E-state index in [0.717, 1.165) is 18.8 Å². The molecule has 0 bridgehead atoms. The SMILES string of the molecule is CC.CCCC1(CCC)CCN(c2ccc([N+](=O)[O-])cc2Cl)C1. The summed E-state index contributed by atoms with van der Waals surface area (Å²) in [6.07, 6.45) is 6.05. The monoisotopic (exact) mass is 340 g/mol. The summed E-state index contributed by atoms with van der Waals surface area (Å²) in [7, 11) is 0. The van der Waals surface area contributed by atoms with Crippen molar-refractivity contribution in [2.24, 2.45) is 5.41 Å². The smallest absolute Gasteiger partial charge is 0.271 e. The minimum Gasteiger partial charge on any atom is -0.370 e. The molecule has 0 atom stereocenters. The molecule has 2 rings (SSSR count). The molecule has 1 aliphatic rings. The van der Waals surface area contributed by atoms with E-state index in [0.29, 0.717) is 10.4 Å². The molecule has 1 fully saturated rings. The van der Waals surface area contributed by atoms with Gasteiger partial charge in [0.05, 0.1) is 15.6 Å². The Kier molecular flexibility index (Phi) is 7.83. The highest BCUT2D eigenvalue weighted by atomic mass is 35.5. The molecule has 0 amide bonds. The van der Waals surface area contributed by atoms with Gasteiger partial charge in [0.2, 0.25) is 0 Å². The zero-order valence-corrected chi connectivity index (χ0v) is 15.5. The van der Waals surface area contributed by atoms with Gasteiger partial charge in [-0.15, -0.1) is 0 Å². The zero-order chi connectivity index (χ0) is 17.5. The maximum Gasteiger partial charge on any atom is 0.271 e. The number of nitro benzene ring substituents is 1. The second kappa shape index (κ2) is 9.11. The molecule has 0 radical (unpaired) electrons. The molecule has 1 aliphatic heterocycles. The van der Waals surface area contributed by atoms with Crippen molar-refractivity contribution in [3.05, 3.63) is 33.3 Å². The van der Waals surface area contributed by atoms with Crippen LogP contribution in [0.25, 0.3) is 0 Å². The number of halogens is 1. The number of benzene rings is 1. The van der Waals surface area contributed by atoms with E-state index in [9.17, 15) is 10.1 Å². The van der Waals surface area contributed by atoms with Gasteiger partial charge in [0.15, 0.2) is 0 Å². The van der Waals surface area contributed by atoms with Gasteiger partial charge < -0.3 is 4.90 Å². The Morgan fingerprint density at radius 1 is 1.26 bits per heavy atom. The Hall–Kier alpha value is -1.29. The Morgan fingerprint density at radius 2 is 1.87 bits per heavy atom. The minimum atomic E-state index is -0.405. The second-order valence-electron chi connectivity index (χ2n) is 6.06. The fourth-order valence-corrected chi connectivity index (χ4v) is 3.89. The number of non-ortho nitro benzene ring substituents is 1. The quantitative estimate of drug-likeness (QED) is 0.466. The van der Waals surface area contributed by atoms with Crippen molar-refractivity contribution in [2.75, 3.05) is 18.0 Å². The molecule has 0 spiro atoms. The fourth-order valence-electron chi connectivity index (χ4n) is 3.60. The lowest BCUT2D eigenvalue weighted by Gasteiger charge is -2.29. The zero-order valence-electron chi connectivity index (χ0n) is 14.8. The summed E-state index contributed by atoms with van der Waals surface area (Å²) in [6, 6.07) is 4.78. The largest absolute Gasteiger partial charge is 0.370 e. The molecule has 130 valence electrons. The van der Waals surface area contributed by atoms with Crippen LogP contribution in [-0.2, 0) is 0 Å². The Balaban J connectivity index is 0.00000127. The van der Waals surface area contributed by atoms with Crippen LogP contribution in [-0.4, -0.2) is 18.0 Å². The lowest BCUT2D eigenvalue weighted by atomic mass is 9.78. The predicted octanol–water partition coefficient (Wildman–Crippen LogP) is 6.07. The first kappa shape index (κ1) is 19.8. The van der Waals surface area contributed by atoms with Crippen molar-refractivity contribution >= 4 is 23.0 Å². The van der Waals surface area contributed by atoms with Gasteiger partial charge in [-0.25, -0.2) is 0 Å². The number of hydrogen-bond acceptors (Lipinski definition) is 3. The Bertz CT molecular complexity index is 514. The summed E-state index contributed by atoms with van der Waals surface area (Å²) in [5.41, 5.74) is 1.36. The van der Waals surface area contributed by atoms with E-state index in [1.54, 1.807) is 12.1 Å². The minimum absolute atomic E-state index is 0.0522. The summed E-state index contributed by atoms with van der Waals surface area (Å²) in [5, 5.41) is 11.3. The summed E-state index contributed by atoms with van der Waals surface area (Å²) in [5.74, 6) is 0. The number of anilines is 1. The van der Waals surface area contributed by atoms with Gasteiger partial charge in [0.1, 0.15) is 0 Å². The summed E-state index contributed by atoms with van der Waals surface area (Å²) in [4.78, 5) is 12.7. The maximum absolute atomic E-state index is 10.8. The molecule has 4 nitrogen and oxygen atoms in total. The average molecular weight is 341 g/mol. The van der Waals surface area contributed by atoms with Crippen molar-refractivity contribution in [1.82, 2.24) is 0 Å². The predicted molar refractivity (Wildman–Crippen MR) is 98.5 cm³/mol. The van der Waals surface area contributed by atoms with Gasteiger partial charge >= 0.3 is 0 Å². The fraction of sp³-hybridized carbons (Fsp3) is 0.667. The van der Waals surface area contributed by atoms with Crippen LogP contribution in [0.5, 0.6) is 0 Å². The van der Waals surface area contributed by atoms with Crippen LogP contribution in [0.1, 0.15) is 59.8 Å². The lowest BCUT2D eigenvalue weighted by Crippen LogP contribution is -2.27. The van der Waals surface area contributed by atoms with E-state index in [1.165, 1.54) is 38.2 Å². The van der Waals surface area contributed by atoms with Crippen LogP contribution in [0.4, 0.5) is 11.4 Å². The van der Waals surface area contributed by atoms with Crippen LogP contribution in [0.3, 0.4) is 0 Å². The normalized spacial score (nSPS) is 16.0. The van der Waals surface area contributed by atoms with Gasteiger partial charge in [-0.05, 0) is 30.7 Å². The highest BCUT2D eigenvalue weighted by Crippen LogP contribution is 2.43. The van der Waals surface area contributed by atoms with Crippen molar-refractivity contribution in [1.29, 1.82) is 0 Å². The van der Waals surface area contributed by atoms with Crippen molar-refractivity contribution in [3.8, 4) is 0 Å². The number of nitro groups is 1. The Labute approximate surface area is 145 Å². The van der Waals surface area contributed by atoms with E-state index >= 15 is 0 Å². The van der Waals surface area contributed by atoms with Crippen LogP contribution in [0.15, 0.2) is 18.2 Å². The molecule has 1 heterocycles. The number of rotatable bonds is 6. The standard InChI is InChI=1S/C16H23ClN2O2.C2H6/c1-3-7-16(8-4-2)9-10-18(12-16)15-6-5-13(19(20)21)11-14(15)17;1-2/h5-6,11H,3-4,7-10,12H2,1-2H3;1-2H3. The van der Waals surface area contributed by atoms with E-state index in [-0.39, 0.29) is 5.69 Å². The lowest BCUT2D eigenvalue weighted by molar-refractivity contribution is -0.384. The summed E-state index contributed by atoms with van der Waals surface area (Å²) in [6.45, 7) is 10.5. The average Bonchev–Trinajstić information content (AvgIpc) is 2.93. The number of nitrogens with zero attached hydrogens (tertiary/aromatic N) is 2. The van der Waals surface area contributed by atoms with Gasteiger partial charge in [0.25, 0.3) is 5.69 Å². The molecule has 1 saturated heterocycles. The van der Waals surface area contributed by atoms with Crippen LogP contribution in [0, 0.1) is 15.5 Å². The van der Waals surface area contributed by atoms with E-state index in [1.807, 2.05) is 13.8 Å². The maximum atomic E-state index is 10.8. The van der Waals surface area contributed by atoms with Crippen LogP contribution in [0.2, 0.25) is 5.02 Å². The molecule has 5 heteroatoms.